The van der Waals surface area contributed by atoms with E-state index in [9.17, 15) is 0 Å². The molecule has 2 N–H and O–H groups in total. The summed E-state index contributed by atoms with van der Waals surface area (Å²) in [4.78, 5) is 0. The molecule has 1 fully saturated rings. The molecule has 0 heterocycles. The van der Waals surface area contributed by atoms with Gasteiger partial charge in [-0.05, 0) is 55.2 Å². The maximum atomic E-state index is 6.67. The van der Waals surface area contributed by atoms with Crippen LogP contribution in [0.4, 0.5) is 0 Å². The Balaban J connectivity index is 2.16. The maximum Gasteiger partial charge on any atom is 0.118 e. The largest absolute Gasteiger partial charge is 0.497 e. The van der Waals surface area contributed by atoms with Gasteiger partial charge in [-0.15, -0.1) is 0 Å². The second kappa shape index (κ2) is 5.54. The van der Waals surface area contributed by atoms with Crippen molar-refractivity contribution < 1.29 is 4.74 Å². The molecule has 1 aliphatic rings. The van der Waals surface area contributed by atoms with Gasteiger partial charge in [-0.1, -0.05) is 32.4 Å². The Morgan fingerprint density at radius 2 is 1.74 bits per heavy atom. The zero-order valence-electron chi connectivity index (χ0n) is 12.6. The van der Waals surface area contributed by atoms with E-state index in [1.165, 1.54) is 24.8 Å². The van der Waals surface area contributed by atoms with Crippen LogP contribution in [-0.4, -0.2) is 7.11 Å². The molecule has 0 amide bonds. The molecule has 1 saturated carbocycles. The fourth-order valence-electron chi connectivity index (χ4n) is 3.28. The highest BCUT2D eigenvalue weighted by Crippen LogP contribution is 2.42. The van der Waals surface area contributed by atoms with Crippen molar-refractivity contribution in [2.75, 3.05) is 7.11 Å². The summed E-state index contributed by atoms with van der Waals surface area (Å²) in [6.07, 6.45) is 3.78. The van der Waals surface area contributed by atoms with Gasteiger partial charge in [0, 0.05) is 5.54 Å². The first kappa shape index (κ1) is 14.4. The molecule has 2 rings (SSSR count). The molecule has 0 saturated heterocycles. The molecule has 1 aromatic rings. The highest BCUT2D eigenvalue weighted by atomic mass is 16.5. The summed E-state index contributed by atoms with van der Waals surface area (Å²) in [5.41, 5.74) is 7.66. The van der Waals surface area contributed by atoms with Crippen LogP contribution in [0.1, 0.15) is 45.6 Å². The molecule has 106 valence electrons. The second-order valence-electron chi connectivity index (χ2n) is 6.48. The second-order valence-corrected chi connectivity index (χ2v) is 6.48. The van der Waals surface area contributed by atoms with Gasteiger partial charge < -0.3 is 10.5 Å². The molecule has 2 nitrogen and oxygen atoms in total. The Morgan fingerprint density at radius 3 is 2.26 bits per heavy atom. The molecule has 19 heavy (non-hydrogen) atoms. The smallest absolute Gasteiger partial charge is 0.118 e. The summed E-state index contributed by atoms with van der Waals surface area (Å²) < 4.78 is 5.22. The Bertz CT molecular complexity index is 410. The fraction of sp³-hybridized carbons (Fsp3) is 0.647. The van der Waals surface area contributed by atoms with E-state index < -0.39 is 0 Å². The number of benzene rings is 1. The molecule has 0 spiro atoms. The quantitative estimate of drug-likeness (QED) is 0.894. The molecule has 0 aromatic heterocycles. The molecular formula is C17H27NO. The summed E-state index contributed by atoms with van der Waals surface area (Å²) in [6, 6.07) is 8.24. The number of rotatable bonds is 3. The molecule has 1 aromatic carbocycles. The molecule has 0 aliphatic heterocycles. The van der Waals surface area contributed by atoms with Crippen LogP contribution in [0.15, 0.2) is 24.3 Å². The predicted octanol–water partition coefficient (Wildman–Crippen LogP) is 3.94. The van der Waals surface area contributed by atoms with Gasteiger partial charge in [-0.3, -0.25) is 0 Å². The van der Waals surface area contributed by atoms with E-state index in [2.05, 4.69) is 32.9 Å². The van der Waals surface area contributed by atoms with Gasteiger partial charge in [0.1, 0.15) is 5.75 Å². The minimum Gasteiger partial charge on any atom is -0.497 e. The lowest BCUT2D eigenvalue weighted by molar-refractivity contribution is 0.142. The van der Waals surface area contributed by atoms with Crippen LogP contribution in [-0.2, 0) is 5.54 Å². The Kier molecular flexibility index (Phi) is 4.19. The van der Waals surface area contributed by atoms with Crippen LogP contribution in [0, 0.1) is 17.8 Å². The predicted molar refractivity (Wildman–Crippen MR) is 80.2 cm³/mol. The molecule has 0 bridgehead atoms. The van der Waals surface area contributed by atoms with Crippen molar-refractivity contribution in [3.05, 3.63) is 29.8 Å². The van der Waals surface area contributed by atoms with Crippen molar-refractivity contribution >= 4 is 0 Å². The number of hydrogen-bond acceptors (Lipinski definition) is 2. The lowest BCUT2D eigenvalue weighted by atomic mass is 9.67. The monoisotopic (exact) mass is 261 g/mol. The average Bonchev–Trinajstić information content (AvgIpc) is 2.41. The van der Waals surface area contributed by atoms with Gasteiger partial charge in [0.15, 0.2) is 0 Å². The third-order valence-corrected chi connectivity index (χ3v) is 5.16. The number of nitrogens with two attached hydrogens (primary N) is 1. The topological polar surface area (TPSA) is 35.2 Å². The molecular weight excluding hydrogens is 234 g/mol. The van der Waals surface area contributed by atoms with Crippen molar-refractivity contribution in [1.82, 2.24) is 0 Å². The lowest BCUT2D eigenvalue weighted by Gasteiger charge is -2.41. The molecule has 0 radical (unpaired) electrons. The van der Waals surface area contributed by atoms with E-state index >= 15 is 0 Å². The van der Waals surface area contributed by atoms with Crippen LogP contribution in [0.5, 0.6) is 5.75 Å². The van der Waals surface area contributed by atoms with Crippen molar-refractivity contribution in [3.63, 3.8) is 0 Å². The number of methoxy groups -OCH3 is 1. The minimum atomic E-state index is -0.235. The SMILES string of the molecule is COc1ccc(C(C)(N)C2CCC(C)C(C)C2)cc1. The van der Waals surface area contributed by atoms with Crippen LogP contribution in [0.25, 0.3) is 0 Å². The van der Waals surface area contributed by atoms with Gasteiger partial charge in [-0.2, -0.15) is 0 Å². The summed E-state index contributed by atoms with van der Waals surface area (Å²) in [5.74, 6) is 3.08. The summed E-state index contributed by atoms with van der Waals surface area (Å²) in [7, 11) is 1.70. The fourth-order valence-corrected chi connectivity index (χ4v) is 3.28. The van der Waals surface area contributed by atoms with Crippen molar-refractivity contribution in [2.45, 2.75) is 45.6 Å². The normalized spacial score (nSPS) is 30.7. The van der Waals surface area contributed by atoms with E-state index in [1.54, 1.807) is 7.11 Å². The van der Waals surface area contributed by atoms with E-state index in [4.69, 9.17) is 10.5 Å². The van der Waals surface area contributed by atoms with E-state index in [0.717, 1.165) is 17.6 Å². The molecule has 4 atom stereocenters. The summed E-state index contributed by atoms with van der Waals surface area (Å²) in [6.45, 7) is 6.91. The standard InChI is InChI=1S/C17H27NO/c1-12-5-6-15(11-13(12)2)17(3,18)14-7-9-16(19-4)10-8-14/h7-10,12-13,15H,5-6,11,18H2,1-4H3. The van der Waals surface area contributed by atoms with Crippen molar-refractivity contribution in [3.8, 4) is 5.75 Å². The number of hydrogen-bond donors (Lipinski definition) is 1. The first-order chi connectivity index (χ1) is 8.95. The van der Waals surface area contributed by atoms with Gasteiger partial charge in [-0.25, -0.2) is 0 Å². The van der Waals surface area contributed by atoms with Gasteiger partial charge >= 0.3 is 0 Å². The maximum absolute atomic E-state index is 6.67. The van der Waals surface area contributed by atoms with Gasteiger partial charge in [0.05, 0.1) is 7.11 Å². The molecule has 1 aliphatic carbocycles. The third kappa shape index (κ3) is 2.94. The lowest BCUT2D eigenvalue weighted by Crippen LogP contribution is -2.44. The van der Waals surface area contributed by atoms with E-state index in [1.807, 2.05) is 12.1 Å². The van der Waals surface area contributed by atoms with Crippen molar-refractivity contribution in [2.24, 2.45) is 23.5 Å². The van der Waals surface area contributed by atoms with Gasteiger partial charge in [0.2, 0.25) is 0 Å². The zero-order valence-corrected chi connectivity index (χ0v) is 12.6. The Hall–Kier alpha value is -1.02. The third-order valence-electron chi connectivity index (χ3n) is 5.16. The zero-order chi connectivity index (χ0) is 14.0. The van der Waals surface area contributed by atoms with Gasteiger partial charge in [0.25, 0.3) is 0 Å². The molecule has 2 heteroatoms. The Morgan fingerprint density at radius 1 is 1.11 bits per heavy atom. The average molecular weight is 261 g/mol. The van der Waals surface area contributed by atoms with Crippen LogP contribution >= 0.6 is 0 Å². The first-order valence-electron chi connectivity index (χ1n) is 7.38. The molecule has 4 unspecified atom stereocenters. The van der Waals surface area contributed by atoms with E-state index in [0.29, 0.717) is 5.92 Å². The van der Waals surface area contributed by atoms with Crippen molar-refractivity contribution in [1.29, 1.82) is 0 Å². The highest BCUT2D eigenvalue weighted by Gasteiger charge is 2.36. The van der Waals surface area contributed by atoms with Crippen LogP contribution in [0.2, 0.25) is 0 Å². The highest BCUT2D eigenvalue weighted by molar-refractivity contribution is 5.32. The first-order valence-corrected chi connectivity index (χ1v) is 7.38. The van der Waals surface area contributed by atoms with Crippen LogP contribution < -0.4 is 10.5 Å². The number of ether oxygens (including phenoxy) is 1. The van der Waals surface area contributed by atoms with E-state index in [-0.39, 0.29) is 5.54 Å². The minimum absolute atomic E-state index is 0.235. The summed E-state index contributed by atoms with van der Waals surface area (Å²) >= 11 is 0. The summed E-state index contributed by atoms with van der Waals surface area (Å²) in [5, 5.41) is 0. The van der Waals surface area contributed by atoms with Crippen LogP contribution in [0.3, 0.4) is 0 Å². The Labute approximate surface area is 117 Å².